The molecule has 82 valence electrons. The highest BCUT2D eigenvalue weighted by Gasteiger charge is 2.42. The average Bonchev–Trinajstić information content (AvgIpc) is 2.72. The van der Waals surface area contributed by atoms with E-state index in [4.69, 9.17) is 4.74 Å². The van der Waals surface area contributed by atoms with Crippen LogP contribution in [0.2, 0.25) is 0 Å². The molecular weight excluding hydrogens is 176 g/mol. The predicted octanol–water partition coefficient (Wildman–Crippen LogP) is 2.50. The lowest BCUT2D eigenvalue weighted by Gasteiger charge is -2.29. The van der Waals surface area contributed by atoms with Gasteiger partial charge in [0, 0.05) is 0 Å². The van der Waals surface area contributed by atoms with E-state index in [0.717, 1.165) is 18.8 Å². The van der Waals surface area contributed by atoms with Crippen LogP contribution in [0, 0.1) is 5.92 Å². The highest BCUT2D eigenvalue weighted by molar-refractivity contribution is 4.92. The number of rotatable bonds is 2. The van der Waals surface area contributed by atoms with Crippen molar-refractivity contribution in [1.82, 2.24) is 0 Å². The van der Waals surface area contributed by atoms with Crippen molar-refractivity contribution in [1.29, 1.82) is 0 Å². The molecule has 0 aromatic rings. The van der Waals surface area contributed by atoms with Gasteiger partial charge in [0.05, 0.1) is 17.8 Å². The summed E-state index contributed by atoms with van der Waals surface area (Å²) >= 11 is 0. The molecule has 0 spiro atoms. The maximum atomic E-state index is 9.65. The third kappa shape index (κ3) is 1.82. The molecule has 2 aliphatic rings. The van der Waals surface area contributed by atoms with Gasteiger partial charge in [-0.15, -0.1) is 0 Å². The largest absolute Gasteiger partial charge is 0.390 e. The van der Waals surface area contributed by atoms with Crippen LogP contribution in [0.1, 0.15) is 52.4 Å². The van der Waals surface area contributed by atoms with Crippen LogP contribution in [0.5, 0.6) is 0 Å². The van der Waals surface area contributed by atoms with Crippen molar-refractivity contribution < 1.29 is 9.84 Å². The summed E-state index contributed by atoms with van der Waals surface area (Å²) in [4.78, 5) is 0. The van der Waals surface area contributed by atoms with E-state index in [1.165, 1.54) is 25.7 Å². The third-order valence-electron chi connectivity index (χ3n) is 4.16. The smallest absolute Gasteiger partial charge is 0.0914 e. The molecule has 2 fully saturated rings. The molecule has 0 bridgehead atoms. The molecule has 1 saturated carbocycles. The Kier molecular flexibility index (Phi) is 2.85. The summed E-state index contributed by atoms with van der Waals surface area (Å²) in [5, 5.41) is 9.65. The minimum Gasteiger partial charge on any atom is -0.390 e. The summed E-state index contributed by atoms with van der Waals surface area (Å²) < 4.78 is 6.04. The zero-order valence-corrected chi connectivity index (χ0v) is 9.33. The lowest BCUT2D eigenvalue weighted by atomic mass is 9.94. The summed E-state index contributed by atoms with van der Waals surface area (Å²) in [5.74, 6) is 0.774. The molecule has 0 aromatic heterocycles. The van der Waals surface area contributed by atoms with Gasteiger partial charge in [-0.05, 0) is 45.4 Å². The Morgan fingerprint density at radius 1 is 1.29 bits per heavy atom. The first kappa shape index (κ1) is 10.4. The maximum absolute atomic E-state index is 9.65. The van der Waals surface area contributed by atoms with Gasteiger partial charge < -0.3 is 9.84 Å². The molecular formula is C12H22O2. The van der Waals surface area contributed by atoms with Gasteiger partial charge in [0.1, 0.15) is 0 Å². The van der Waals surface area contributed by atoms with Crippen LogP contribution in [-0.4, -0.2) is 22.9 Å². The molecule has 0 aromatic carbocycles. The number of aliphatic hydroxyl groups excluding tert-OH is 1. The van der Waals surface area contributed by atoms with Crippen molar-refractivity contribution >= 4 is 0 Å². The molecule has 3 atom stereocenters. The molecule has 1 aliphatic carbocycles. The van der Waals surface area contributed by atoms with Crippen LogP contribution in [0.4, 0.5) is 0 Å². The summed E-state index contributed by atoms with van der Waals surface area (Å²) in [7, 11) is 0. The number of aliphatic hydroxyl groups is 1. The van der Waals surface area contributed by atoms with E-state index in [-0.39, 0.29) is 11.7 Å². The molecule has 2 nitrogen and oxygen atoms in total. The molecule has 0 unspecified atom stereocenters. The fourth-order valence-corrected chi connectivity index (χ4v) is 2.86. The molecule has 14 heavy (non-hydrogen) atoms. The van der Waals surface area contributed by atoms with Crippen molar-refractivity contribution in [3.05, 3.63) is 0 Å². The maximum Gasteiger partial charge on any atom is 0.0914 e. The van der Waals surface area contributed by atoms with Crippen LogP contribution in [0.3, 0.4) is 0 Å². The van der Waals surface area contributed by atoms with E-state index in [1.54, 1.807) is 0 Å². The quantitative estimate of drug-likeness (QED) is 0.738. The van der Waals surface area contributed by atoms with E-state index >= 15 is 0 Å². The zero-order chi connectivity index (χ0) is 10.2. The van der Waals surface area contributed by atoms with Gasteiger partial charge in [-0.3, -0.25) is 0 Å². The summed E-state index contributed by atoms with van der Waals surface area (Å²) in [6.07, 6.45) is 7.66. The number of hydrogen-bond donors (Lipinski definition) is 1. The summed E-state index contributed by atoms with van der Waals surface area (Å²) in [6.45, 7) is 3.89. The van der Waals surface area contributed by atoms with Crippen LogP contribution < -0.4 is 0 Å². The van der Waals surface area contributed by atoms with Crippen molar-refractivity contribution in [2.24, 2.45) is 5.92 Å². The molecule has 2 rings (SSSR count). The molecule has 2 heteroatoms. The molecule has 1 heterocycles. The van der Waals surface area contributed by atoms with Gasteiger partial charge in [0.15, 0.2) is 0 Å². The van der Waals surface area contributed by atoms with Gasteiger partial charge >= 0.3 is 0 Å². The lowest BCUT2D eigenvalue weighted by Crippen LogP contribution is -2.38. The Morgan fingerprint density at radius 2 is 1.93 bits per heavy atom. The average molecular weight is 198 g/mol. The second kappa shape index (κ2) is 3.82. The third-order valence-corrected chi connectivity index (χ3v) is 4.16. The van der Waals surface area contributed by atoms with Crippen molar-refractivity contribution in [2.45, 2.75) is 70.2 Å². The van der Waals surface area contributed by atoms with Gasteiger partial charge in [-0.25, -0.2) is 0 Å². The Balaban J connectivity index is 1.93. The Labute approximate surface area is 86.6 Å². The van der Waals surface area contributed by atoms with Crippen molar-refractivity contribution in [2.75, 3.05) is 0 Å². The first-order valence-corrected chi connectivity index (χ1v) is 5.98. The van der Waals surface area contributed by atoms with Gasteiger partial charge in [-0.1, -0.05) is 12.8 Å². The minimum absolute atomic E-state index is 0.271. The van der Waals surface area contributed by atoms with Crippen molar-refractivity contribution in [3.63, 3.8) is 0 Å². The SMILES string of the molecule is C[C@@H](O)[C@]1(C)CC[C@@H](C2CCCC2)O1. The van der Waals surface area contributed by atoms with E-state index < -0.39 is 0 Å². The zero-order valence-electron chi connectivity index (χ0n) is 9.33. The fraction of sp³-hybridized carbons (Fsp3) is 1.00. The lowest BCUT2D eigenvalue weighted by molar-refractivity contribution is -0.110. The topological polar surface area (TPSA) is 29.5 Å². The van der Waals surface area contributed by atoms with E-state index in [1.807, 2.05) is 13.8 Å². The first-order valence-electron chi connectivity index (χ1n) is 5.98. The van der Waals surface area contributed by atoms with E-state index in [2.05, 4.69) is 0 Å². The first-order chi connectivity index (χ1) is 6.62. The van der Waals surface area contributed by atoms with Gasteiger partial charge in [-0.2, -0.15) is 0 Å². The van der Waals surface area contributed by atoms with E-state index in [9.17, 15) is 5.11 Å². The number of hydrogen-bond acceptors (Lipinski definition) is 2. The fourth-order valence-electron chi connectivity index (χ4n) is 2.86. The van der Waals surface area contributed by atoms with Crippen LogP contribution >= 0.6 is 0 Å². The molecule has 1 saturated heterocycles. The Hall–Kier alpha value is -0.0800. The molecule has 1 N–H and O–H groups in total. The van der Waals surface area contributed by atoms with Gasteiger partial charge in [0.25, 0.3) is 0 Å². The van der Waals surface area contributed by atoms with Crippen LogP contribution in [0.25, 0.3) is 0 Å². The molecule has 1 aliphatic heterocycles. The number of ether oxygens (including phenoxy) is 1. The second-order valence-electron chi connectivity index (χ2n) is 5.23. The second-order valence-corrected chi connectivity index (χ2v) is 5.23. The van der Waals surface area contributed by atoms with Crippen LogP contribution in [0.15, 0.2) is 0 Å². The predicted molar refractivity (Wildman–Crippen MR) is 56.2 cm³/mol. The Bertz CT molecular complexity index is 196. The summed E-state index contributed by atoms with van der Waals surface area (Å²) in [5.41, 5.74) is -0.271. The molecule has 0 radical (unpaired) electrons. The monoisotopic (exact) mass is 198 g/mol. The highest BCUT2D eigenvalue weighted by atomic mass is 16.5. The van der Waals surface area contributed by atoms with Crippen molar-refractivity contribution in [3.8, 4) is 0 Å². The normalized spacial score (nSPS) is 41.8. The van der Waals surface area contributed by atoms with E-state index in [0.29, 0.717) is 6.10 Å². The van der Waals surface area contributed by atoms with Crippen LogP contribution in [-0.2, 0) is 4.74 Å². The summed E-state index contributed by atoms with van der Waals surface area (Å²) in [6, 6.07) is 0. The highest BCUT2D eigenvalue weighted by Crippen LogP contribution is 2.41. The minimum atomic E-state index is -0.339. The molecule has 0 amide bonds. The Morgan fingerprint density at radius 3 is 2.43 bits per heavy atom. The standard InChI is InChI=1S/C12H22O2/c1-9(13)12(2)8-7-11(14-12)10-5-3-4-6-10/h9-11,13H,3-8H2,1-2H3/t9-,11+,12+/m1/s1. The van der Waals surface area contributed by atoms with Gasteiger partial charge in [0.2, 0.25) is 0 Å².